The van der Waals surface area contributed by atoms with Crippen molar-refractivity contribution >= 4 is 17.5 Å². The third-order valence-corrected chi connectivity index (χ3v) is 3.83. The molecule has 0 unspecified atom stereocenters. The molecule has 1 N–H and O–H groups in total. The van der Waals surface area contributed by atoms with Crippen LogP contribution in [0.15, 0.2) is 48.7 Å². The Labute approximate surface area is 133 Å². The quantitative estimate of drug-likeness (QED) is 0.877. The molecule has 0 bridgehead atoms. The number of hydrogen-bond donors (Lipinski definition) is 1. The third-order valence-electron chi connectivity index (χ3n) is 3.83. The molecule has 2 amide bonds. The van der Waals surface area contributed by atoms with Crippen LogP contribution < -0.4 is 10.2 Å². The molecule has 1 aromatic carbocycles. The van der Waals surface area contributed by atoms with Gasteiger partial charge in [-0.1, -0.05) is 6.07 Å². The van der Waals surface area contributed by atoms with Crippen molar-refractivity contribution in [2.45, 2.75) is 13.0 Å². The molecular formula is C17H16FN3O2. The molecule has 2 heterocycles. The zero-order valence-corrected chi connectivity index (χ0v) is 12.4. The molecule has 6 heteroatoms. The number of nitrogens with one attached hydrogen (secondary N) is 1. The molecule has 3 rings (SSSR count). The van der Waals surface area contributed by atoms with Crippen molar-refractivity contribution in [3.8, 4) is 0 Å². The predicted octanol–water partition coefficient (Wildman–Crippen LogP) is 1.89. The number of halogens is 1. The van der Waals surface area contributed by atoms with Crippen molar-refractivity contribution in [2.24, 2.45) is 5.92 Å². The van der Waals surface area contributed by atoms with Gasteiger partial charge < -0.3 is 10.2 Å². The maximum atomic E-state index is 13.0. The van der Waals surface area contributed by atoms with Crippen LogP contribution in [-0.2, 0) is 16.1 Å². The Hall–Kier alpha value is -2.76. The van der Waals surface area contributed by atoms with Crippen molar-refractivity contribution in [1.82, 2.24) is 10.3 Å². The number of nitrogens with zero attached hydrogens (tertiary/aromatic N) is 2. The van der Waals surface area contributed by atoms with Gasteiger partial charge in [-0.25, -0.2) is 4.39 Å². The van der Waals surface area contributed by atoms with Crippen LogP contribution in [-0.4, -0.2) is 23.3 Å². The van der Waals surface area contributed by atoms with Gasteiger partial charge in [-0.2, -0.15) is 0 Å². The van der Waals surface area contributed by atoms with E-state index in [0.29, 0.717) is 25.2 Å². The topological polar surface area (TPSA) is 62.3 Å². The predicted molar refractivity (Wildman–Crippen MR) is 82.9 cm³/mol. The van der Waals surface area contributed by atoms with Gasteiger partial charge in [0.15, 0.2) is 0 Å². The molecule has 0 spiro atoms. The Bertz CT molecular complexity index is 704. The van der Waals surface area contributed by atoms with Gasteiger partial charge in [0.05, 0.1) is 12.2 Å². The number of benzene rings is 1. The Kier molecular flexibility index (Phi) is 4.32. The van der Waals surface area contributed by atoms with E-state index in [4.69, 9.17) is 0 Å². The standard InChI is InChI=1S/C17H16FN3O2/c18-12-4-6-14(7-5-12)21-10-8-15(17(21)23)16(22)20-11-13-3-1-2-9-19-13/h1-7,9,15H,8,10-11H2,(H,20,22)/t15-/m1/s1. The summed E-state index contributed by atoms with van der Waals surface area (Å²) < 4.78 is 13.0. The first kappa shape index (κ1) is 15.1. The summed E-state index contributed by atoms with van der Waals surface area (Å²) in [5.74, 6) is -1.62. The summed E-state index contributed by atoms with van der Waals surface area (Å²) in [6.07, 6.45) is 2.10. The molecule has 5 nitrogen and oxygen atoms in total. The molecule has 1 aliphatic rings. The normalized spacial score (nSPS) is 17.3. The van der Waals surface area contributed by atoms with E-state index >= 15 is 0 Å². The van der Waals surface area contributed by atoms with Crippen molar-refractivity contribution < 1.29 is 14.0 Å². The monoisotopic (exact) mass is 313 g/mol. The highest BCUT2D eigenvalue weighted by molar-refractivity contribution is 6.09. The van der Waals surface area contributed by atoms with Gasteiger partial charge in [-0.15, -0.1) is 0 Å². The number of pyridine rings is 1. The highest BCUT2D eigenvalue weighted by atomic mass is 19.1. The Balaban J connectivity index is 1.62. The van der Waals surface area contributed by atoms with E-state index in [9.17, 15) is 14.0 Å². The number of aromatic nitrogens is 1. The minimum atomic E-state index is -0.705. The van der Waals surface area contributed by atoms with Gasteiger partial charge >= 0.3 is 0 Å². The second-order valence-corrected chi connectivity index (χ2v) is 5.35. The zero-order valence-electron chi connectivity index (χ0n) is 12.4. The summed E-state index contributed by atoms with van der Waals surface area (Å²) in [5, 5.41) is 2.74. The van der Waals surface area contributed by atoms with Gasteiger partial charge in [0.2, 0.25) is 11.8 Å². The van der Waals surface area contributed by atoms with E-state index in [2.05, 4.69) is 10.3 Å². The number of carbonyl (C=O) groups is 2. The number of anilines is 1. The largest absolute Gasteiger partial charge is 0.350 e. The summed E-state index contributed by atoms with van der Waals surface area (Å²) in [6.45, 7) is 0.742. The SMILES string of the molecule is O=C(NCc1ccccn1)[C@H]1CCN(c2ccc(F)cc2)C1=O. The Morgan fingerprint density at radius 3 is 2.74 bits per heavy atom. The van der Waals surface area contributed by atoms with E-state index in [1.54, 1.807) is 24.4 Å². The van der Waals surface area contributed by atoms with Gasteiger partial charge in [0.1, 0.15) is 11.7 Å². The fourth-order valence-electron chi connectivity index (χ4n) is 2.60. The number of amides is 2. The van der Waals surface area contributed by atoms with Gasteiger partial charge in [0.25, 0.3) is 0 Å². The number of hydrogen-bond acceptors (Lipinski definition) is 3. The lowest BCUT2D eigenvalue weighted by Crippen LogP contribution is -2.36. The molecule has 118 valence electrons. The maximum absolute atomic E-state index is 13.0. The van der Waals surface area contributed by atoms with Crippen LogP contribution >= 0.6 is 0 Å². The van der Waals surface area contributed by atoms with E-state index in [-0.39, 0.29) is 17.6 Å². The molecule has 1 atom stereocenters. The summed E-state index contributed by atoms with van der Waals surface area (Å²) in [5.41, 5.74) is 1.35. The first-order chi connectivity index (χ1) is 11.1. The zero-order chi connectivity index (χ0) is 16.2. The average Bonchev–Trinajstić information content (AvgIpc) is 2.96. The molecular weight excluding hydrogens is 297 g/mol. The molecule has 1 fully saturated rings. The molecule has 1 saturated heterocycles. The van der Waals surface area contributed by atoms with Crippen molar-refractivity contribution in [3.63, 3.8) is 0 Å². The van der Waals surface area contributed by atoms with Crippen molar-refractivity contribution in [3.05, 3.63) is 60.2 Å². The fraction of sp³-hybridized carbons (Fsp3) is 0.235. The minimum Gasteiger partial charge on any atom is -0.350 e. The highest BCUT2D eigenvalue weighted by Crippen LogP contribution is 2.25. The third kappa shape index (κ3) is 3.36. The number of rotatable bonds is 4. The summed E-state index contributed by atoms with van der Waals surface area (Å²) in [4.78, 5) is 30.3. The smallest absolute Gasteiger partial charge is 0.239 e. The second-order valence-electron chi connectivity index (χ2n) is 5.35. The summed E-state index contributed by atoms with van der Waals surface area (Å²) >= 11 is 0. The lowest BCUT2D eigenvalue weighted by atomic mass is 10.1. The fourth-order valence-corrected chi connectivity index (χ4v) is 2.60. The molecule has 0 aliphatic carbocycles. The minimum absolute atomic E-state index is 0.255. The molecule has 0 saturated carbocycles. The van der Waals surface area contributed by atoms with Gasteiger partial charge in [0, 0.05) is 18.4 Å². The molecule has 1 aliphatic heterocycles. The van der Waals surface area contributed by atoms with Gasteiger partial charge in [-0.3, -0.25) is 14.6 Å². The average molecular weight is 313 g/mol. The first-order valence-corrected chi connectivity index (χ1v) is 7.40. The summed E-state index contributed by atoms with van der Waals surface area (Å²) in [7, 11) is 0. The highest BCUT2D eigenvalue weighted by Gasteiger charge is 2.37. The molecule has 0 radical (unpaired) electrons. The van der Waals surface area contributed by atoms with Crippen LogP contribution in [0.1, 0.15) is 12.1 Å². The van der Waals surface area contributed by atoms with Crippen LogP contribution in [0.2, 0.25) is 0 Å². The maximum Gasteiger partial charge on any atom is 0.239 e. The Morgan fingerprint density at radius 2 is 2.04 bits per heavy atom. The van der Waals surface area contributed by atoms with E-state index in [1.807, 2.05) is 12.1 Å². The van der Waals surface area contributed by atoms with Crippen LogP contribution in [0.4, 0.5) is 10.1 Å². The molecule has 23 heavy (non-hydrogen) atoms. The van der Waals surface area contributed by atoms with Crippen LogP contribution in [0.3, 0.4) is 0 Å². The lowest BCUT2D eigenvalue weighted by molar-refractivity contribution is -0.132. The van der Waals surface area contributed by atoms with Crippen LogP contribution in [0.5, 0.6) is 0 Å². The van der Waals surface area contributed by atoms with Crippen molar-refractivity contribution in [2.75, 3.05) is 11.4 Å². The molecule has 2 aromatic rings. The molecule has 1 aromatic heterocycles. The lowest BCUT2D eigenvalue weighted by Gasteiger charge is -2.16. The number of carbonyl (C=O) groups excluding carboxylic acids is 2. The van der Waals surface area contributed by atoms with E-state index in [0.717, 1.165) is 5.69 Å². The Morgan fingerprint density at radius 1 is 1.26 bits per heavy atom. The van der Waals surface area contributed by atoms with Gasteiger partial charge in [-0.05, 0) is 42.8 Å². The van der Waals surface area contributed by atoms with E-state index in [1.165, 1.54) is 17.0 Å². The second kappa shape index (κ2) is 6.56. The van der Waals surface area contributed by atoms with Crippen LogP contribution in [0, 0.1) is 11.7 Å². The summed E-state index contributed by atoms with van der Waals surface area (Å²) in [6, 6.07) is 11.1. The van der Waals surface area contributed by atoms with Crippen LogP contribution in [0.25, 0.3) is 0 Å². The van der Waals surface area contributed by atoms with E-state index < -0.39 is 5.92 Å². The van der Waals surface area contributed by atoms with Crippen molar-refractivity contribution in [1.29, 1.82) is 0 Å². The first-order valence-electron chi connectivity index (χ1n) is 7.40.